The largest absolute Gasteiger partial charge is 1.00 e. The fourth-order valence-electron chi connectivity index (χ4n) is 1.58. The molecule has 1 unspecified atom stereocenters. The van der Waals surface area contributed by atoms with Crippen molar-refractivity contribution < 1.29 is 49.8 Å². The molecule has 0 radical (unpaired) electrons. The van der Waals surface area contributed by atoms with Crippen molar-refractivity contribution in [3.05, 3.63) is 66.2 Å². The second-order valence-electron chi connectivity index (χ2n) is 3.99. The number of ketones is 1. The zero-order valence-electron chi connectivity index (χ0n) is 12.1. The van der Waals surface area contributed by atoms with Crippen LogP contribution in [-0.2, 0) is 4.57 Å². The Labute approximate surface area is 141 Å². The Morgan fingerprint density at radius 1 is 1.05 bits per heavy atom. The van der Waals surface area contributed by atoms with Crippen LogP contribution in [0.2, 0.25) is 0 Å². The minimum Gasteiger partial charge on any atom is -1.00 e. The van der Waals surface area contributed by atoms with Crippen molar-refractivity contribution in [3.8, 4) is 5.75 Å². The van der Waals surface area contributed by atoms with Gasteiger partial charge in [-0.05, 0) is 12.1 Å². The van der Waals surface area contributed by atoms with Gasteiger partial charge in [-0.25, -0.2) is 4.57 Å². The van der Waals surface area contributed by atoms with Crippen molar-refractivity contribution in [2.45, 2.75) is 0 Å². The summed E-state index contributed by atoms with van der Waals surface area (Å²) in [6.07, 6.45) is -0.536. The van der Waals surface area contributed by atoms with E-state index in [0.29, 0.717) is 5.56 Å². The van der Waals surface area contributed by atoms with Gasteiger partial charge in [-0.1, -0.05) is 48.5 Å². The van der Waals surface area contributed by atoms with E-state index in [2.05, 4.69) is 0 Å². The molecule has 2 aromatic rings. The van der Waals surface area contributed by atoms with Crippen LogP contribution < -0.4 is 34.1 Å². The Morgan fingerprint density at radius 3 is 2.10 bits per heavy atom. The third kappa shape index (κ3) is 5.23. The van der Waals surface area contributed by atoms with Gasteiger partial charge < -0.3 is 10.8 Å². The van der Waals surface area contributed by atoms with E-state index in [9.17, 15) is 14.3 Å². The molecule has 1 atom stereocenters. The van der Waals surface area contributed by atoms with Gasteiger partial charge in [-0.15, -0.1) is 0 Å². The smallest absolute Gasteiger partial charge is 1.00 e. The molecule has 0 saturated carbocycles. The maximum absolute atomic E-state index is 11.9. The monoisotopic (exact) mass is 300 g/mol. The first-order valence-electron chi connectivity index (χ1n) is 5.71. The molecule has 2 rings (SSSR count). The maximum atomic E-state index is 11.9. The van der Waals surface area contributed by atoms with E-state index < -0.39 is 19.5 Å². The summed E-state index contributed by atoms with van der Waals surface area (Å²) < 4.78 is 16.9. The number of rotatable bonds is 5. The molecular weight excluding hydrogens is 286 g/mol. The molecule has 1 N–H and O–H groups in total. The Balaban J connectivity index is 0.00000200. The van der Waals surface area contributed by atoms with E-state index in [-0.39, 0.29) is 36.7 Å². The minimum absolute atomic E-state index is 0. The molecule has 0 aromatic heterocycles. The standard InChI is InChI=1S/C14H13O4P.Na.H/c15-14(12-7-3-1-4-8-12)11-19(16,17)18-13-9-5-2-6-10-13;;/h1-10H,11H2,(H,16,17);;/q;+1;-1. The number of carbonyl (C=O) groups excluding carboxylic acids is 1. The van der Waals surface area contributed by atoms with Gasteiger partial charge in [0.25, 0.3) is 0 Å². The fraction of sp³-hybridized carbons (Fsp3) is 0.0714. The molecule has 20 heavy (non-hydrogen) atoms. The quantitative estimate of drug-likeness (QED) is 0.488. The van der Waals surface area contributed by atoms with Crippen molar-refractivity contribution in [2.24, 2.45) is 0 Å². The van der Waals surface area contributed by atoms with Crippen LogP contribution in [0, 0.1) is 0 Å². The van der Waals surface area contributed by atoms with E-state index in [1.54, 1.807) is 60.7 Å². The maximum Gasteiger partial charge on any atom is 1.00 e. The third-order valence-electron chi connectivity index (χ3n) is 2.43. The summed E-state index contributed by atoms with van der Waals surface area (Å²) in [7, 11) is -3.99. The van der Waals surface area contributed by atoms with E-state index in [1.165, 1.54) is 0 Å². The summed E-state index contributed by atoms with van der Waals surface area (Å²) in [6.45, 7) is 0. The average molecular weight is 300 g/mol. The van der Waals surface area contributed by atoms with E-state index >= 15 is 0 Å². The summed E-state index contributed by atoms with van der Waals surface area (Å²) in [5, 5.41) is 0. The van der Waals surface area contributed by atoms with Gasteiger partial charge in [-0.2, -0.15) is 0 Å². The Kier molecular flexibility index (Phi) is 6.66. The average Bonchev–Trinajstić information content (AvgIpc) is 2.39. The SMILES string of the molecule is O=C(CP(=O)(O)Oc1ccccc1)c1ccccc1.[H-].[Na+]. The van der Waals surface area contributed by atoms with Crippen LogP contribution in [0.5, 0.6) is 5.75 Å². The molecule has 6 heteroatoms. The van der Waals surface area contributed by atoms with Gasteiger partial charge in [0, 0.05) is 5.56 Å². The van der Waals surface area contributed by atoms with Crippen molar-refractivity contribution in [2.75, 3.05) is 6.16 Å². The van der Waals surface area contributed by atoms with Gasteiger partial charge in [0.1, 0.15) is 11.9 Å². The summed E-state index contributed by atoms with van der Waals surface area (Å²) in [4.78, 5) is 21.6. The molecule has 0 aliphatic heterocycles. The minimum atomic E-state index is -3.99. The first kappa shape index (κ1) is 17.2. The third-order valence-corrected chi connectivity index (χ3v) is 3.61. The number of Topliss-reactive ketones (excluding diaryl/α,β-unsaturated/α-hetero) is 1. The molecule has 0 saturated heterocycles. The second kappa shape index (κ2) is 7.77. The number of para-hydroxylation sites is 1. The van der Waals surface area contributed by atoms with Crippen molar-refractivity contribution in [1.29, 1.82) is 0 Å². The molecule has 4 nitrogen and oxygen atoms in total. The number of carbonyl (C=O) groups is 1. The molecule has 0 aliphatic rings. The first-order chi connectivity index (χ1) is 9.07. The molecule has 0 amide bonds. The predicted molar refractivity (Wildman–Crippen MR) is 73.6 cm³/mol. The zero-order chi connectivity index (χ0) is 13.7. The van der Waals surface area contributed by atoms with E-state index in [1.807, 2.05) is 0 Å². The van der Waals surface area contributed by atoms with Gasteiger partial charge in [-0.3, -0.25) is 4.79 Å². The zero-order valence-corrected chi connectivity index (χ0v) is 14.0. The number of hydrogen-bond donors (Lipinski definition) is 1. The van der Waals surface area contributed by atoms with Gasteiger partial charge >= 0.3 is 37.2 Å². The van der Waals surface area contributed by atoms with Crippen LogP contribution in [0.3, 0.4) is 0 Å². The molecule has 2 aromatic carbocycles. The second-order valence-corrected chi connectivity index (χ2v) is 5.76. The molecule has 100 valence electrons. The predicted octanol–water partition coefficient (Wildman–Crippen LogP) is 0.250. The van der Waals surface area contributed by atoms with Crippen molar-refractivity contribution in [3.63, 3.8) is 0 Å². The summed E-state index contributed by atoms with van der Waals surface area (Å²) in [5.74, 6) is -0.142. The van der Waals surface area contributed by atoms with Crippen LogP contribution in [0.4, 0.5) is 0 Å². The normalized spacial score (nSPS) is 12.8. The van der Waals surface area contributed by atoms with Crippen LogP contribution in [-0.4, -0.2) is 16.8 Å². The molecule has 0 heterocycles. The van der Waals surface area contributed by atoms with Crippen LogP contribution in [0.15, 0.2) is 60.7 Å². The van der Waals surface area contributed by atoms with E-state index in [0.717, 1.165) is 0 Å². The summed E-state index contributed by atoms with van der Waals surface area (Å²) in [5.41, 5.74) is 0.397. The molecular formula is C14H14NaO4P. The topological polar surface area (TPSA) is 63.6 Å². The molecule has 0 fully saturated rings. The van der Waals surface area contributed by atoms with Crippen LogP contribution in [0.25, 0.3) is 0 Å². The fourth-order valence-corrected chi connectivity index (χ4v) is 2.64. The molecule has 0 aliphatic carbocycles. The number of benzene rings is 2. The Morgan fingerprint density at radius 2 is 1.55 bits per heavy atom. The van der Waals surface area contributed by atoms with Gasteiger partial charge in [0.05, 0.1) is 0 Å². The van der Waals surface area contributed by atoms with Crippen LogP contribution >= 0.6 is 7.60 Å². The summed E-state index contributed by atoms with van der Waals surface area (Å²) >= 11 is 0. The van der Waals surface area contributed by atoms with Gasteiger partial charge in [0.15, 0.2) is 5.78 Å². The van der Waals surface area contributed by atoms with Gasteiger partial charge in [0.2, 0.25) is 0 Å². The van der Waals surface area contributed by atoms with Crippen LogP contribution in [0.1, 0.15) is 11.8 Å². The van der Waals surface area contributed by atoms with Crippen molar-refractivity contribution in [1.82, 2.24) is 0 Å². The Hall–Kier alpha value is -0.900. The molecule has 0 spiro atoms. The van der Waals surface area contributed by atoms with Crippen molar-refractivity contribution >= 4 is 13.4 Å². The first-order valence-corrected chi connectivity index (χ1v) is 7.48. The molecule has 0 bridgehead atoms. The summed E-state index contributed by atoms with van der Waals surface area (Å²) in [6, 6.07) is 16.7. The van der Waals surface area contributed by atoms with E-state index in [4.69, 9.17) is 4.52 Å². The number of hydrogen-bond acceptors (Lipinski definition) is 3. The Bertz CT molecular complexity index is 607.